The van der Waals surface area contributed by atoms with E-state index < -0.39 is 4.92 Å². The van der Waals surface area contributed by atoms with Crippen LogP contribution in [0.1, 0.15) is 5.56 Å². The lowest BCUT2D eigenvalue weighted by molar-refractivity contribution is -0.385. The number of ether oxygens (including phenoxy) is 1. The molecule has 88 valence electrons. The van der Waals surface area contributed by atoms with E-state index in [1.807, 2.05) is 30.3 Å². The van der Waals surface area contributed by atoms with Crippen molar-refractivity contribution in [3.05, 3.63) is 52.2 Å². The third kappa shape index (κ3) is 2.41. The zero-order chi connectivity index (χ0) is 12.3. The van der Waals surface area contributed by atoms with Crippen LogP contribution in [0, 0.1) is 10.1 Å². The second kappa shape index (κ2) is 4.65. The second-order valence-electron chi connectivity index (χ2n) is 3.46. The zero-order valence-corrected chi connectivity index (χ0v) is 9.24. The van der Waals surface area contributed by atoms with Crippen molar-refractivity contribution >= 4 is 5.69 Å². The fraction of sp³-hybridized carbons (Fsp3) is 0.182. The molecule has 0 atom stereocenters. The average Bonchev–Trinajstić information content (AvgIpc) is 2.73. The molecule has 2 aromatic rings. The maximum absolute atomic E-state index is 10.7. The van der Waals surface area contributed by atoms with Crippen LogP contribution in [-0.4, -0.2) is 21.8 Å². The van der Waals surface area contributed by atoms with E-state index in [-0.39, 0.29) is 11.6 Å². The van der Waals surface area contributed by atoms with Crippen LogP contribution in [-0.2, 0) is 6.54 Å². The molecule has 0 unspecified atom stereocenters. The van der Waals surface area contributed by atoms with Crippen molar-refractivity contribution in [2.75, 3.05) is 7.11 Å². The summed E-state index contributed by atoms with van der Waals surface area (Å²) in [5.41, 5.74) is 0.899. The van der Waals surface area contributed by atoms with E-state index in [4.69, 9.17) is 4.74 Å². The number of benzene rings is 1. The summed E-state index contributed by atoms with van der Waals surface area (Å²) < 4.78 is 6.34. The molecule has 17 heavy (non-hydrogen) atoms. The number of nitrogens with zero attached hydrogens (tertiary/aromatic N) is 3. The molecule has 1 heterocycles. The van der Waals surface area contributed by atoms with Gasteiger partial charge in [-0.2, -0.15) is 0 Å². The summed E-state index contributed by atoms with van der Waals surface area (Å²) in [6, 6.07) is 9.59. The van der Waals surface area contributed by atoms with Crippen LogP contribution in [0.2, 0.25) is 0 Å². The van der Waals surface area contributed by atoms with Gasteiger partial charge < -0.3 is 4.74 Å². The van der Waals surface area contributed by atoms with E-state index in [2.05, 4.69) is 5.10 Å². The minimum absolute atomic E-state index is 0.0333. The van der Waals surface area contributed by atoms with Crippen LogP contribution in [0.5, 0.6) is 5.88 Å². The standard InChI is InChI=1S/C11H11N3O3/c1-17-11-10(14(15)16)8-13(12-11)7-9-5-3-2-4-6-9/h2-6,8H,7H2,1H3. The van der Waals surface area contributed by atoms with Gasteiger partial charge in [-0.25, -0.2) is 0 Å². The van der Waals surface area contributed by atoms with Gasteiger partial charge in [-0.05, 0) is 5.56 Å². The Balaban J connectivity index is 2.26. The molecule has 0 aliphatic carbocycles. The third-order valence-electron chi connectivity index (χ3n) is 2.29. The molecular weight excluding hydrogens is 222 g/mol. The lowest BCUT2D eigenvalue weighted by Gasteiger charge is -1.99. The molecule has 0 N–H and O–H groups in total. The summed E-state index contributed by atoms with van der Waals surface area (Å²) >= 11 is 0. The SMILES string of the molecule is COc1nn(Cc2ccccc2)cc1[N+](=O)[O-]. The molecule has 6 heteroatoms. The van der Waals surface area contributed by atoms with E-state index in [1.54, 1.807) is 0 Å². The van der Waals surface area contributed by atoms with Crippen LogP contribution >= 0.6 is 0 Å². The van der Waals surface area contributed by atoms with Gasteiger partial charge in [0.05, 0.1) is 18.6 Å². The summed E-state index contributed by atoms with van der Waals surface area (Å²) in [7, 11) is 1.36. The van der Waals surface area contributed by atoms with E-state index in [9.17, 15) is 10.1 Å². The van der Waals surface area contributed by atoms with Gasteiger partial charge in [-0.15, -0.1) is 5.10 Å². The number of hydrogen-bond acceptors (Lipinski definition) is 4. The maximum Gasteiger partial charge on any atom is 0.350 e. The highest BCUT2D eigenvalue weighted by molar-refractivity contribution is 5.38. The van der Waals surface area contributed by atoms with Crippen molar-refractivity contribution in [2.24, 2.45) is 0 Å². The molecule has 0 bridgehead atoms. The predicted molar refractivity (Wildman–Crippen MR) is 61.0 cm³/mol. The highest BCUT2D eigenvalue weighted by Gasteiger charge is 2.19. The van der Waals surface area contributed by atoms with Crippen LogP contribution in [0.3, 0.4) is 0 Å². The van der Waals surface area contributed by atoms with Gasteiger partial charge in [-0.3, -0.25) is 14.8 Å². The lowest BCUT2D eigenvalue weighted by atomic mass is 10.2. The van der Waals surface area contributed by atoms with Crippen molar-refractivity contribution < 1.29 is 9.66 Å². The Bertz CT molecular complexity index is 522. The lowest BCUT2D eigenvalue weighted by Crippen LogP contribution is -2.00. The molecule has 0 spiro atoms. The van der Waals surface area contributed by atoms with Crippen molar-refractivity contribution in [1.82, 2.24) is 9.78 Å². The van der Waals surface area contributed by atoms with Crippen molar-refractivity contribution in [1.29, 1.82) is 0 Å². The monoisotopic (exact) mass is 233 g/mol. The highest BCUT2D eigenvalue weighted by Crippen LogP contribution is 2.24. The summed E-state index contributed by atoms with van der Waals surface area (Å²) in [5, 5.41) is 14.7. The molecule has 0 radical (unpaired) electrons. The molecule has 6 nitrogen and oxygen atoms in total. The second-order valence-corrected chi connectivity index (χ2v) is 3.46. The molecular formula is C11H11N3O3. The fourth-order valence-electron chi connectivity index (χ4n) is 1.52. The Hall–Kier alpha value is -2.37. The number of nitro groups is 1. The van der Waals surface area contributed by atoms with Gasteiger partial charge in [0.15, 0.2) is 0 Å². The zero-order valence-electron chi connectivity index (χ0n) is 9.24. The quantitative estimate of drug-likeness (QED) is 0.596. The number of methoxy groups -OCH3 is 1. The molecule has 0 aliphatic rings. The Morgan fingerprint density at radius 1 is 1.41 bits per heavy atom. The molecule has 0 aliphatic heterocycles. The summed E-state index contributed by atoms with van der Waals surface area (Å²) in [6.45, 7) is 0.477. The first-order chi connectivity index (χ1) is 8.20. The molecule has 0 saturated carbocycles. The van der Waals surface area contributed by atoms with Crippen LogP contribution < -0.4 is 4.74 Å². The first kappa shape index (κ1) is 11.1. The van der Waals surface area contributed by atoms with Gasteiger partial charge in [0.1, 0.15) is 6.20 Å². The number of hydrogen-bond donors (Lipinski definition) is 0. The summed E-state index contributed by atoms with van der Waals surface area (Å²) in [4.78, 5) is 10.2. The fourth-order valence-corrected chi connectivity index (χ4v) is 1.52. The first-order valence-electron chi connectivity index (χ1n) is 5.00. The Morgan fingerprint density at radius 3 is 2.65 bits per heavy atom. The largest absolute Gasteiger partial charge is 0.475 e. The average molecular weight is 233 g/mol. The van der Waals surface area contributed by atoms with Crippen molar-refractivity contribution in [3.8, 4) is 5.88 Å². The van der Waals surface area contributed by atoms with E-state index in [0.29, 0.717) is 6.54 Å². The van der Waals surface area contributed by atoms with Gasteiger partial charge in [-0.1, -0.05) is 30.3 Å². The van der Waals surface area contributed by atoms with E-state index in [1.165, 1.54) is 18.0 Å². The van der Waals surface area contributed by atoms with Gasteiger partial charge >= 0.3 is 11.6 Å². The molecule has 0 saturated heterocycles. The normalized spacial score (nSPS) is 10.2. The Kier molecular flexibility index (Phi) is 3.04. The minimum Gasteiger partial charge on any atom is -0.475 e. The van der Waals surface area contributed by atoms with Crippen LogP contribution in [0.25, 0.3) is 0 Å². The van der Waals surface area contributed by atoms with Gasteiger partial charge in [0, 0.05) is 0 Å². The number of aromatic nitrogens is 2. The topological polar surface area (TPSA) is 70.2 Å². The Labute approximate surface area is 97.6 Å². The van der Waals surface area contributed by atoms with Gasteiger partial charge in [0.25, 0.3) is 0 Å². The molecule has 1 aromatic carbocycles. The third-order valence-corrected chi connectivity index (χ3v) is 2.29. The van der Waals surface area contributed by atoms with Crippen molar-refractivity contribution in [3.63, 3.8) is 0 Å². The van der Waals surface area contributed by atoms with Crippen molar-refractivity contribution in [2.45, 2.75) is 6.54 Å². The molecule has 2 rings (SSSR count). The maximum atomic E-state index is 10.7. The Morgan fingerprint density at radius 2 is 2.12 bits per heavy atom. The van der Waals surface area contributed by atoms with Crippen LogP contribution in [0.15, 0.2) is 36.5 Å². The van der Waals surface area contributed by atoms with Gasteiger partial charge in [0.2, 0.25) is 0 Å². The smallest absolute Gasteiger partial charge is 0.350 e. The molecule has 0 amide bonds. The summed E-state index contributed by atoms with van der Waals surface area (Å²) in [5.74, 6) is 0.0333. The van der Waals surface area contributed by atoms with E-state index in [0.717, 1.165) is 5.56 Å². The van der Waals surface area contributed by atoms with Crippen LogP contribution in [0.4, 0.5) is 5.69 Å². The number of rotatable bonds is 4. The molecule has 1 aromatic heterocycles. The van der Waals surface area contributed by atoms with E-state index >= 15 is 0 Å². The molecule has 0 fully saturated rings. The first-order valence-corrected chi connectivity index (χ1v) is 5.00. The highest BCUT2D eigenvalue weighted by atomic mass is 16.6. The minimum atomic E-state index is -0.507. The predicted octanol–water partition coefficient (Wildman–Crippen LogP) is 1.85. The summed E-state index contributed by atoms with van der Waals surface area (Å²) in [6.07, 6.45) is 1.37.